The summed E-state index contributed by atoms with van der Waals surface area (Å²) in [5, 5.41) is 4.59. The number of piperazine rings is 1. The smallest absolute Gasteiger partial charge is 0.410 e. The van der Waals surface area contributed by atoms with E-state index in [9.17, 15) is 9.59 Å². The quantitative estimate of drug-likeness (QED) is 0.396. The third kappa shape index (κ3) is 6.55. The van der Waals surface area contributed by atoms with E-state index in [0.717, 1.165) is 51.4 Å². The maximum atomic E-state index is 13.0. The van der Waals surface area contributed by atoms with E-state index in [1.54, 1.807) is 16.4 Å². The molecule has 1 unspecified atom stereocenters. The molecule has 41 heavy (non-hydrogen) atoms. The number of fused-ring (bicyclic) bond motifs is 1. The Kier molecular flexibility index (Phi) is 8.47. The highest BCUT2D eigenvalue weighted by atomic mass is 16.6. The van der Waals surface area contributed by atoms with E-state index < -0.39 is 5.60 Å². The molecular weight excluding hydrogens is 516 g/mol. The molecule has 0 aliphatic carbocycles. The van der Waals surface area contributed by atoms with Crippen LogP contribution in [0.4, 0.5) is 10.5 Å². The standard InChI is InChI=1S/C32H44N6O3/c1-11-20(2)29(26-16-23(5)38-27(17-26)15-22(4)34-38)33-30-21(3)14-28(19-37(30)25(7)39)35-12-13-36(24(6)18-35)31(40)41-32(8,9)10/h14-17,19,24H,11-13,18H2,1-10H3/b29-20+,33-30?. The van der Waals surface area contributed by atoms with Crippen LogP contribution in [0.15, 0.2) is 41.0 Å². The number of carbonyl (C=O) groups is 2. The van der Waals surface area contributed by atoms with Crippen molar-refractivity contribution in [3.05, 3.63) is 64.0 Å². The van der Waals surface area contributed by atoms with E-state index in [4.69, 9.17) is 9.73 Å². The maximum absolute atomic E-state index is 13.0. The van der Waals surface area contributed by atoms with Crippen LogP contribution in [0.3, 0.4) is 0 Å². The number of hydrogen-bond acceptors (Lipinski definition) is 6. The second kappa shape index (κ2) is 11.5. The Balaban J connectivity index is 1.73. The molecule has 1 saturated heterocycles. The average Bonchev–Trinajstić information content (AvgIpc) is 3.26. The Morgan fingerprint density at radius 2 is 1.78 bits per heavy atom. The highest BCUT2D eigenvalue weighted by Gasteiger charge is 2.31. The van der Waals surface area contributed by atoms with Crippen LogP contribution < -0.4 is 10.4 Å². The first-order chi connectivity index (χ1) is 19.2. The molecule has 220 valence electrons. The van der Waals surface area contributed by atoms with E-state index >= 15 is 0 Å². The maximum Gasteiger partial charge on any atom is 0.410 e. The number of aryl methyl sites for hydroxylation is 3. The van der Waals surface area contributed by atoms with Crippen LogP contribution in [0.1, 0.15) is 82.2 Å². The van der Waals surface area contributed by atoms with Crippen LogP contribution in [-0.4, -0.2) is 62.4 Å². The van der Waals surface area contributed by atoms with Gasteiger partial charge in [0.25, 0.3) is 0 Å². The normalized spacial score (nSPS) is 17.2. The van der Waals surface area contributed by atoms with E-state index in [0.29, 0.717) is 25.1 Å². The molecule has 1 aliphatic heterocycles. The van der Waals surface area contributed by atoms with Gasteiger partial charge in [0.2, 0.25) is 5.91 Å². The molecule has 1 atom stereocenters. The zero-order chi connectivity index (χ0) is 30.2. The zero-order valence-electron chi connectivity index (χ0n) is 26.2. The monoisotopic (exact) mass is 560 g/mol. The van der Waals surface area contributed by atoms with Gasteiger partial charge in [0.05, 0.1) is 22.6 Å². The summed E-state index contributed by atoms with van der Waals surface area (Å²) >= 11 is 0. The highest BCUT2D eigenvalue weighted by molar-refractivity contribution is 5.78. The van der Waals surface area contributed by atoms with Gasteiger partial charge in [0.15, 0.2) is 0 Å². The van der Waals surface area contributed by atoms with Gasteiger partial charge in [0.1, 0.15) is 11.1 Å². The van der Waals surface area contributed by atoms with Gasteiger partial charge in [-0.15, -0.1) is 0 Å². The van der Waals surface area contributed by atoms with Gasteiger partial charge in [-0.3, -0.25) is 9.36 Å². The molecule has 9 nitrogen and oxygen atoms in total. The molecule has 0 spiro atoms. The van der Waals surface area contributed by atoms with Gasteiger partial charge < -0.3 is 14.5 Å². The van der Waals surface area contributed by atoms with Gasteiger partial charge in [-0.25, -0.2) is 14.3 Å². The number of amides is 1. The van der Waals surface area contributed by atoms with Gasteiger partial charge in [-0.05, 0) is 97.2 Å². The first-order valence-electron chi connectivity index (χ1n) is 14.4. The molecule has 1 fully saturated rings. The third-order valence-electron chi connectivity index (χ3n) is 7.45. The zero-order valence-corrected chi connectivity index (χ0v) is 26.2. The lowest BCUT2D eigenvalue weighted by molar-refractivity contribution is 0.0159. The van der Waals surface area contributed by atoms with Gasteiger partial charge >= 0.3 is 6.09 Å². The number of pyridine rings is 2. The second-order valence-electron chi connectivity index (χ2n) is 12.2. The largest absolute Gasteiger partial charge is 0.444 e. The molecule has 0 aromatic carbocycles. The summed E-state index contributed by atoms with van der Waals surface area (Å²) in [5.41, 5.74) is 7.90. The second-order valence-corrected chi connectivity index (χ2v) is 12.2. The minimum atomic E-state index is -0.539. The van der Waals surface area contributed by atoms with Crippen LogP contribution in [0.5, 0.6) is 0 Å². The van der Waals surface area contributed by atoms with E-state index in [2.05, 4.69) is 48.1 Å². The summed E-state index contributed by atoms with van der Waals surface area (Å²) in [5.74, 6) is -0.110. The first-order valence-corrected chi connectivity index (χ1v) is 14.4. The van der Waals surface area contributed by atoms with Crippen molar-refractivity contribution in [3.63, 3.8) is 0 Å². The van der Waals surface area contributed by atoms with Crippen molar-refractivity contribution < 1.29 is 14.3 Å². The SMILES string of the molecule is CC/C(C)=C(/N=c1c(C)cc(N2CCN(C(=O)OC(C)(C)C)C(C)C2)cn1C(C)=O)c1cc(C)n2nc(C)cc2c1. The van der Waals surface area contributed by atoms with Crippen molar-refractivity contribution in [3.8, 4) is 0 Å². The fraction of sp³-hybridized carbons (Fsp3) is 0.500. The van der Waals surface area contributed by atoms with Crippen LogP contribution in [0.25, 0.3) is 11.2 Å². The Bertz CT molecular complexity index is 1590. The predicted molar refractivity (Wildman–Crippen MR) is 163 cm³/mol. The number of allylic oxidation sites excluding steroid dienone is 1. The molecular formula is C32H44N6O3. The lowest BCUT2D eigenvalue weighted by atomic mass is 10.1. The molecule has 0 N–H and O–H groups in total. The number of aromatic nitrogens is 3. The molecule has 0 saturated carbocycles. The van der Waals surface area contributed by atoms with Crippen LogP contribution >= 0.6 is 0 Å². The summed E-state index contributed by atoms with van der Waals surface area (Å²) in [7, 11) is 0. The van der Waals surface area contributed by atoms with Crippen molar-refractivity contribution in [1.82, 2.24) is 19.1 Å². The number of carbonyl (C=O) groups excluding carboxylic acids is 2. The van der Waals surface area contributed by atoms with Gasteiger partial charge in [-0.2, -0.15) is 5.10 Å². The minimum Gasteiger partial charge on any atom is -0.444 e. The molecule has 9 heteroatoms. The Labute approximate surface area is 243 Å². The van der Waals surface area contributed by atoms with Crippen molar-refractivity contribution in [1.29, 1.82) is 0 Å². The summed E-state index contributed by atoms with van der Waals surface area (Å²) < 4.78 is 9.19. The van der Waals surface area contributed by atoms with Crippen molar-refractivity contribution >= 4 is 28.9 Å². The van der Waals surface area contributed by atoms with Gasteiger partial charge in [-0.1, -0.05) is 6.92 Å². The lowest BCUT2D eigenvalue weighted by Crippen LogP contribution is -2.55. The van der Waals surface area contributed by atoms with Crippen molar-refractivity contribution in [2.75, 3.05) is 24.5 Å². The molecule has 4 rings (SSSR count). The average molecular weight is 561 g/mol. The molecule has 0 radical (unpaired) electrons. The fourth-order valence-electron chi connectivity index (χ4n) is 5.25. The number of anilines is 1. The highest BCUT2D eigenvalue weighted by Crippen LogP contribution is 2.26. The van der Waals surface area contributed by atoms with Crippen LogP contribution in [0, 0.1) is 20.8 Å². The fourth-order valence-corrected chi connectivity index (χ4v) is 5.25. The minimum absolute atomic E-state index is 0.0406. The van der Waals surface area contributed by atoms with E-state index in [-0.39, 0.29) is 18.0 Å². The summed E-state index contributed by atoms with van der Waals surface area (Å²) in [6.07, 6.45) is 2.41. The van der Waals surface area contributed by atoms with Gasteiger partial charge in [0, 0.05) is 50.1 Å². The molecule has 4 heterocycles. The molecule has 3 aromatic heterocycles. The van der Waals surface area contributed by atoms with E-state index in [1.165, 1.54) is 0 Å². The van der Waals surface area contributed by atoms with E-state index in [1.807, 2.05) is 59.2 Å². The number of hydrogen-bond donors (Lipinski definition) is 0. The summed E-state index contributed by atoms with van der Waals surface area (Å²) in [4.78, 5) is 34.8. The van der Waals surface area contributed by atoms with Crippen molar-refractivity contribution in [2.45, 2.75) is 87.3 Å². The van der Waals surface area contributed by atoms with Crippen LogP contribution in [-0.2, 0) is 4.74 Å². The molecule has 1 amide bonds. The Morgan fingerprint density at radius 1 is 1.07 bits per heavy atom. The third-order valence-corrected chi connectivity index (χ3v) is 7.45. The summed E-state index contributed by atoms with van der Waals surface area (Å²) in [6.45, 7) is 21.3. The molecule has 0 bridgehead atoms. The first kappa shape index (κ1) is 30.1. The predicted octanol–water partition coefficient (Wildman–Crippen LogP) is 5.91. The number of nitrogens with zero attached hydrogens (tertiary/aromatic N) is 6. The lowest BCUT2D eigenvalue weighted by Gasteiger charge is -2.41. The Hall–Kier alpha value is -3.88. The van der Waals surface area contributed by atoms with Crippen LogP contribution in [0.2, 0.25) is 0 Å². The number of rotatable bonds is 4. The summed E-state index contributed by atoms with van der Waals surface area (Å²) in [6, 6.07) is 8.32. The topological polar surface area (TPSA) is 84.4 Å². The number of ether oxygens (including phenoxy) is 1. The Morgan fingerprint density at radius 3 is 2.39 bits per heavy atom. The molecule has 1 aliphatic rings. The molecule has 3 aromatic rings. The van der Waals surface area contributed by atoms with Crippen molar-refractivity contribution in [2.24, 2.45) is 4.99 Å².